The largest absolute Gasteiger partial charge is 0.469 e. The van der Waals surface area contributed by atoms with E-state index in [0.29, 0.717) is 25.5 Å². The molecular formula is C22H43ClO5Si. The highest BCUT2D eigenvalue weighted by Crippen LogP contribution is 2.41. The zero-order valence-electron chi connectivity index (χ0n) is 19.8. The second-order valence-electron chi connectivity index (χ2n) is 9.94. The summed E-state index contributed by atoms with van der Waals surface area (Å²) in [5.41, 5.74) is 0. The van der Waals surface area contributed by atoms with Crippen LogP contribution < -0.4 is 0 Å². The van der Waals surface area contributed by atoms with Gasteiger partial charge in [-0.3, -0.25) is 4.79 Å². The van der Waals surface area contributed by atoms with Crippen LogP contribution in [-0.2, 0) is 23.4 Å². The van der Waals surface area contributed by atoms with E-state index in [1.807, 2.05) is 6.92 Å². The average Bonchev–Trinajstić information content (AvgIpc) is 3.16. The van der Waals surface area contributed by atoms with Gasteiger partial charge in [-0.2, -0.15) is 0 Å². The van der Waals surface area contributed by atoms with E-state index in [1.54, 1.807) is 0 Å². The van der Waals surface area contributed by atoms with Crippen molar-refractivity contribution in [1.82, 2.24) is 0 Å². The van der Waals surface area contributed by atoms with Gasteiger partial charge in [0, 0.05) is 11.8 Å². The topological polar surface area (TPSA) is 54.0 Å². The van der Waals surface area contributed by atoms with Gasteiger partial charge in [0.05, 0.1) is 32.3 Å². The Balaban J connectivity index is 3.13. The molecule has 0 aliphatic carbocycles. The maximum Gasteiger partial charge on any atom is 0.308 e. The van der Waals surface area contributed by atoms with E-state index >= 15 is 0 Å². The summed E-state index contributed by atoms with van der Waals surface area (Å²) in [7, 11) is -0.585. The fraction of sp³-hybridized carbons (Fsp3) is 0.955. The van der Waals surface area contributed by atoms with Crippen LogP contribution in [0.4, 0.5) is 0 Å². The number of hydrogen-bond donors (Lipinski definition) is 0. The highest BCUT2D eigenvalue weighted by Gasteiger charge is 2.45. The predicted octanol–water partition coefficient (Wildman–Crippen LogP) is 5.61. The van der Waals surface area contributed by atoms with E-state index < -0.39 is 8.32 Å². The molecule has 0 amide bonds. The molecule has 1 saturated heterocycles. The van der Waals surface area contributed by atoms with Crippen LogP contribution >= 0.6 is 11.6 Å². The molecule has 1 rings (SSSR count). The number of unbranched alkanes of at least 4 members (excludes halogenated alkanes) is 1. The standard InChI is InChI=1S/C22H43ClO5Si/c1-16(15-17(2)20(24)25-6)19(28-29(7,8)22(3,4)5)18(11-9-10-12-23)21-26-13-14-27-21/h16-19,21H,9-15H2,1-8H3/t16-,17+,18?,19+/m0/s1. The fourth-order valence-corrected chi connectivity index (χ4v) is 5.32. The van der Waals surface area contributed by atoms with Gasteiger partial charge in [-0.25, -0.2) is 0 Å². The zero-order chi connectivity index (χ0) is 22.2. The van der Waals surface area contributed by atoms with Crippen LogP contribution in [0.25, 0.3) is 0 Å². The van der Waals surface area contributed by atoms with Gasteiger partial charge >= 0.3 is 5.97 Å². The maximum absolute atomic E-state index is 12.0. The van der Waals surface area contributed by atoms with Crippen molar-refractivity contribution in [3.05, 3.63) is 0 Å². The lowest BCUT2D eigenvalue weighted by atomic mass is 9.83. The smallest absolute Gasteiger partial charge is 0.308 e. The summed E-state index contributed by atoms with van der Waals surface area (Å²) < 4.78 is 23.8. The molecule has 1 aliphatic rings. The maximum atomic E-state index is 12.0. The van der Waals surface area contributed by atoms with Crippen LogP contribution in [-0.4, -0.2) is 52.9 Å². The highest BCUT2D eigenvalue weighted by atomic mass is 35.5. The Morgan fingerprint density at radius 3 is 2.24 bits per heavy atom. The number of carbonyl (C=O) groups is 1. The molecule has 29 heavy (non-hydrogen) atoms. The van der Waals surface area contributed by atoms with Crippen molar-refractivity contribution in [3.63, 3.8) is 0 Å². The van der Waals surface area contributed by atoms with Crippen LogP contribution in [0.1, 0.15) is 60.3 Å². The number of rotatable bonds is 12. The van der Waals surface area contributed by atoms with Crippen LogP contribution in [0.5, 0.6) is 0 Å². The van der Waals surface area contributed by atoms with Crippen molar-refractivity contribution in [2.24, 2.45) is 17.8 Å². The molecule has 0 radical (unpaired) electrons. The molecular weight excluding hydrogens is 408 g/mol. The van der Waals surface area contributed by atoms with Gasteiger partial charge in [0.1, 0.15) is 0 Å². The molecule has 0 N–H and O–H groups in total. The highest BCUT2D eigenvalue weighted by molar-refractivity contribution is 6.74. The molecule has 172 valence electrons. The average molecular weight is 451 g/mol. The third-order valence-electron chi connectivity index (χ3n) is 6.47. The first kappa shape index (κ1) is 26.9. The molecule has 0 aromatic rings. The van der Waals surface area contributed by atoms with Crippen molar-refractivity contribution < 1.29 is 23.4 Å². The fourth-order valence-electron chi connectivity index (χ4n) is 3.69. The molecule has 4 atom stereocenters. The van der Waals surface area contributed by atoms with E-state index in [2.05, 4.69) is 40.8 Å². The lowest BCUT2D eigenvalue weighted by Gasteiger charge is -2.44. The number of ether oxygens (including phenoxy) is 3. The summed E-state index contributed by atoms with van der Waals surface area (Å²) in [5.74, 6) is 0.605. The number of halogens is 1. The Hall–Kier alpha value is -0.143. The minimum atomic E-state index is -2.03. The van der Waals surface area contributed by atoms with Crippen molar-refractivity contribution in [3.8, 4) is 0 Å². The Labute approximate surface area is 184 Å². The summed E-state index contributed by atoms with van der Waals surface area (Å²) in [6.45, 7) is 16.7. The van der Waals surface area contributed by atoms with E-state index in [1.165, 1.54) is 7.11 Å². The molecule has 1 aliphatic heterocycles. The van der Waals surface area contributed by atoms with Gasteiger partial charge < -0.3 is 18.6 Å². The first-order valence-electron chi connectivity index (χ1n) is 11.0. The summed E-state index contributed by atoms with van der Waals surface area (Å²) in [4.78, 5) is 12.0. The number of methoxy groups -OCH3 is 1. The summed E-state index contributed by atoms with van der Waals surface area (Å²) in [5, 5.41) is 0.0943. The van der Waals surface area contributed by atoms with E-state index in [-0.39, 0.29) is 41.2 Å². The predicted molar refractivity (Wildman–Crippen MR) is 121 cm³/mol. The monoisotopic (exact) mass is 450 g/mol. The molecule has 5 nitrogen and oxygen atoms in total. The van der Waals surface area contributed by atoms with Gasteiger partial charge in [0.2, 0.25) is 0 Å². The van der Waals surface area contributed by atoms with Gasteiger partial charge in [-0.1, -0.05) is 41.0 Å². The van der Waals surface area contributed by atoms with Crippen molar-refractivity contribution >= 4 is 25.9 Å². The second kappa shape index (κ2) is 12.0. The van der Waals surface area contributed by atoms with Gasteiger partial charge in [0.25, 0.3) is 0 Å². The molecule has 0 spiro atoms. The first-order chi connectivity index (χ1) is 13.4. The summed E-state index contributed by atoms with van der Waals surface area (Å²) in [6.07, 6.45) is 3.33. The molecule has 7 heteroatoms. The van der Waals surface area contributed by atoms with Crippen LogP contribution in [0.3, 0.4) is 0 Å². The third kappa shape index (κ3) is 8.13. The van der Waals surface area contributed by atoms with E-state index in [4.69, 9.17) is 30.2 Å². The van der Waals surface area contributed by atoms with Crippen molar-refractivity contribution in [2.75, 3.05) is 26.2 Å². The van der Waals surface area contributed by atoms with Gasteiger partial charge in [0.15, 0.2) is 14.6 Å². The van der Waals surface area contributed by atoms with Crippen LogP contribution in [0, 0.1) is 17.8 Å². The Kier molecular flexibility index (Phi) is 11.2. The number of carbonyl (C=O) groups excluding carboxylic acids is 1. The Morgan fingerprint density at radius 1 is 1.17 bits per heavy atom. The van der Waals surface area contributed by atoms with Crippen molar-refractivity contribution in [2.45, 2.75) is 90.8 Å². The lowest BCUT2D eigenvalue weighted by molar-refractivity contribution is -0.147. The van der Waals surface area contributed by atoms with Crippen LogP contribution in [0.15, 0.2) is 0 Å². The minimum Gasteiger partial charge on any atom is -0.469 e. The number of alkyl halides is 1. The summed E-state index contributed by atoms with van der Waals surface area (Å²) in [6, 6.07) is 0. The molecule has 1 fully saturated rings. The minimum absolute atomic E-state index is 0.0403. The van der Waals surface area contributed by atoms with Gasteiger partial charge in [-0.05, 0) is 43.3 Å². The van der Waals surface area contributed by atoms with E-state index in [0.717, 1.165) is 19.3 Å². The third-order valence-corrected chi connectivity index (χ3v) is 11.2. The SMILES string of the molecule is COC(=O)[C@H](C)C[C@H](C)[C@@H](O[Si](C)(C)C(C)(C)C)C(CCCCCl)C1OCCO1. The normalized spacial score (nSPS) is 20.3. The Bertz CT molecular complexity index is 488. The second-order valence-corrected chi connectivity index (χ2v) is 15.1. The van der Waals surface area contributed by atoms with Crippen LogP contribution in [0.2, 0.25) is 18.1 Å². The molecule has 0 aromatic heterocycles. The molecule has 0 saturated carbocycles. The number of hydrogen-bond acceptors (Lipinski definition) is 5. The number of esters is 1. The first-order valence-corrected chi connectivity index (χ1v) is 14.4. The summed E-state index contributed by atoms with van der Waals surface area (Å²) >= 11 is 5.93. The molecule has 0 aromatic carbocycles. The quantitative estimate of drug-likeness (QED) is 0.167. The lowest BCUT2D eigenvalue weighted by Crippen LogP contribution is -2.50. The molecule has 1 heterocycles. The molecule has 1 unspecified atom stereocenters. The molecule has 0 bridgehead atoms. The Morgan fingerprint density at radius 2 is 1.76 bits per heavy atom. The van der Waals surface area contributed by atoms with E-state index in [9.17, 15) is 4.79 Å². The van der Waals surface area contributed by atoms with Gasteiger partial charge in [-0.15, -0.1) is 11.6 Å². The zero-order valence-corrected chi connectivity index (χ0v) is 21.5. The van der Waals surface area contributed by atoms with Crippen molar-refractivity contribution in [1.29, 1.82) is 0 Å².